The van der Waals surface area contributed by atoms with Gasteiger partial charge in [0, 0.05) is 25.0 Å². The lowest BCUT2D eigenvalue weighted by Crippen LogP contribution is -2.26. The van der Waals surface area contributed by atoms with Crippen molar-refractivity contribution in [3.8, 4) is 0 Å². The number of amides is 1. The van der Waals surface area contributed by atoms with Gasteiger partial charge in [-0.1, -0.05) is 0 Å². The van der Waals surface area contributed by atoms with Crippen LogP contribution in [0.1, 0.15) is 16.8 Å². The molecule has 100 valence electrons. The maximum Gasteiger partial charge on any atom is 0.390 e. The first-order valence-electron chi connectivity index (χ1n) is 5.18. The molecule has 0 aliphatic rings. The van der Waals surface area contributed by atoms with Crippen molar-refractivity contribution in [3.63, 3.8) is 0 Å². The number of anilines is 2. The highest BCUT2D eigenvalue weighted by atomic mass is 19.4. The first-order chi connectivity index (χ1) is 8.20. The van der Waals surface area contributed by atoms with E-state index in [1.54, 1.807) is 0 Å². The number of rotatable bonds is 4. The number of benzene rings is 1. The molecule has 0 saturated heterocycles. The second-order valence-electron chi connectivity index (χ2n) is 3.93. The summed E-state index contributed by atoms with van der Waals surface area (Å²) in [7, 11) is 1.46. The summed E-state index contributed by atoms with van der Waals surface area (Å²) in [6.07, 6.45) is -5.21. The van der Waals surface area contributed by atoms with E-state index < -0.39 is 18.5 Å². The van der Waals surface area contributed by atoms with Crippen molar-refractivity contribution >= 4 is 17.3 Å². The van der Waals surface area contributed by atoms with E-state index in [1.165, 1.54) is 30.1 Å². The number of nitrogens with two attached hydrogens (primary N) is 2. The smallest absolute Gasteiger partial charge is 0.390 e. The highest BCUT2D eigenvalue weighted by Crippen LogP contribution is 2.25. The summed E-state index contributed by atoms with van der Waals surface area (Å²) < 4.78 is 36.3. The second-order valence-corrected chi connectivity index (χ2v) is 3.93. The number of hydrogen-bond acceptors (Lipinski definition) is 3. The van der Waals surface area contributed by atoms with Gasteiger partial charge in [0.2, 0.25) is 0 Å². The molecule has 1 aromatic carbocycles. The zero-order valence-electron chi connectivity index (χ0n) is 9.79. The molecule has 0 aliphatic carbocycles. The molecule has 0 aromatic heterocycles. The van der Waals surface area contributed by atoms with Gasteiger partial charge >= 0.3 is 6.18 Å². The van der Waals surface area contributed by atoms with Crippen molar-refractivity contribution in [1.29, 1.82) is 0 Å². The van der Waals surface area contributed by atoms with Crippen LogP contribution in [0.5, 0.6) is 0 Å². The van der Waals surface area contributed by atoms with Crippen LogP contribution in [0.25, 0.3) is 0 Å². The number of halogens is 3. The maximum atomic E-state index is 12.1. The summed E-state index contributed by atoms with van der Waals surface area (Å²) in [5, 5.41) is 0. The van der Waals surface area contributed by atoms with Crippen molar-refractivity contribution in [3.05, 3.63) is 23.8 Å². The van der Waals surface area contributed by atoms with E-state index in [9.17, 15) is 18.0 Å². The van der Waals surface area contributed by atoms with Gasteiger partial charge in [-0.15, -0.1) is 0 Å². The molecule has 1 amide bonds. The van der Waals surface area contributed by atoms with E-state index in [1.807, 2.05) is 0 Å². The summed E-state index contributed by atoms with van der Waals surface area (Å²) in [5.74, 6) is -0.726. The number of carbonyl (C=O) groups is 1. The second kappa shape index (κ2) is 5.16. The standard InChI is InChI=1S/C11H14F3N3O/c1-17(5-4-11(12,13)14)9-3-2-7(15)6-8(9)10(16)18/h2-3,6H,4-5,15H2,1H3,(H2,16,18). The minimum absolute atomic E-state index is 0.111. The predicted molar refractivity (Wildman–Crippen MR) is 63.3 cm³/mol. The van der Waals surface area contributed by atoms with Crippen LogP contribution in [0.2, 0.25) is 0 Å². The Labute approximate surface area is 102 Å². The van der Waals surface area contributed by atoms with Crippen LogP contribution < -0.4 is 16.4 Å². The van der Waals surface area contributed by atoms with Crippen LogP contribution in [0, 0.1) is 0 Å². The Bertz CT molecular complexity index is 446. The maximum absolute atomic E-state index is 12.1. The normalized spacial score (nSPS) is 11.3. The molecule has 0 fully saturated rings. The van der Waals surface area contributed by atoms with E-state index >= 15 is 0 Å². The number of hydrogen-bond donors (Lipinski definition) is 2. The molecular weight excluding hydrogens is 247 g/mol. The summed E-state index contributed by atoms with van der Waals surface area (Å²) in [6.45, 7) is -0.256. The van der Waals surface area contributed by atoms with Gasteiger partial charge in [0.15, 0.2) is 0 Å². The molecule has 7 heteroatoms. The summed E-state index contributed by atoms with van der Waals surface area (Å²) in [6, 6.07) is 4.33. The first-order valence-corrected chi connectivity index (χ1v) is 5.18. The summed E-state index contributed by atoms with van der Waals surface area (Å²) in [4.78, 5) is 12.5. The van der Waals surface area contributed by atoms with Crippen molar-refractivity contribution in [2.45, 2.75) is 12.6 Å². The average Bonchev–Trinajstić information content (AvgIpc) is 2.24. The monoisotopic (exact) mass is 261 g/mol. The molecule has 0 heterocycles. The van der Waals surface area contributed by atoms with E-state index in [2.05, 4.69) is 0 Å². The van der Waals surface area contributed by atoms with Gasteiger partial charge in [0.25, 0.3) is 5.91 Å². The fourth-order valence-corrected chi connectivity index (χ4v) is 1.50. The fourth-order valence-electron chi connectivity index (χ4n) is 1.50. The minimum atomic E-state index is -4.24. The Hall–Kier alpha value is -1.92. The lowest BCUT2D eigenvalue weighted by Gasteiger charge is -2.22. The number of alkyl halides is 3. The van der Waals surface area contributed by atoms with Crippen molar-refractivity contribution < 1.29 is 18.0 Å². The van der Waals surface area contributed by atoms with Gasteiger partial charge < -0.3 is 16.4 Å². The van der Waals surface area contributed by atoms with Crippen LogP contribution in [0.15, 0.2) is 18.2 Å². The summed E-state index contributed by atoms with van der Waals surface area (Å²) in [5.41, 5.74) is 11.4. The molecule has 4 N–H and O–H groups in total. The molecule has 0 saturated carbocycles. The third kappa shape index (κ3) is 3.83. The number of primary amides is 1. The van der Waals surface area contributed by atoms with Crippen molar-refractivity contribution in [1.82, 2.24) is 0 Å². The molecular formula is C11H14F3N3O. The zero-order chi connectivity index (χ0) is 13.9. The van der Waals surface area contributed by atoms with E-state index in [-0.39, 0.29) is 12.1 Å². The SMILES string of the molecule is CN(CCC(F)(F)F)c1ccc(N)cc1C(N)=O. The third-order valence-corrected chi connectivity index (χ3v) is 2.43. The minimum Gasteiger partial charge on any atom is -0.399 e. The van der Waals surface area contributed by atoms with Crippen LogP contribution in [-0.4, -0.2) is 25.7 Å². The molecule has 1 aromatic rings. The molecule has 1 rings (SSSR count). The Morgan fingerprint density at radius 1 is 1.39 bits per heavy atom. The molecule has 0 unspecified atom stereocenters. The van der Waals surface area contributed by atoms with Crippen molar-refractivity contribution in [2.75, 3.05) is 24.2 Å². The molecule has 0 radical (unpaired) electrons. The topological polar surface area (TPSA) is 72.3 Å². The zero-order valence-corrected chi connectivity index (χ0v) is 9.79. The lowest BCUT2D eigenvalue weighted by molar-refractivity contribution is -0.132. The van der Waals surface area contributed by atoms with E-state index in [0.29, 0.717) is 11.4 Å². The van der Waals surface area contributed by atoms with Gasteiger partial charge in [0.1, 0.15) is 0 Å². The molecule has 0 atom stereocenters. The van der Waals surface area contributed by atoms with Gasteiger partial charge in [-0.25, -0.2) is 0 Å². The predicted octanol–water partition coefficient (Wildman–Crippen LogP) is 1.76. The van der Waals surface area contributed by atoms with Crippen LogP contribution in [0.4, 0.5) is 24.5 Å². The van der Waals surface area contributed by atoms with Gasteiger partial charge in [-0.2, -0.15) is 13.2 Å². The molecule has 0 bridgehead atoms. The average molecular weight is 261 g/mol. The van der Waals surface area contributed by atoms with E-state index in [0.717, 1.165) is 0 Å². The molecule has 18 heavy (non-hydrogen) atoms. The van der Waals surface area contributed by atoms with Gasteiger partial charge in [0.05, 0.1) is 12.0 Å². The number of nitrogen functional groups attached to an aromatic ring is 1. The van der Waals surface area contributed by atoms with Crippen LogP contribution >= 0.6 is 0 Å². The highest BCUT2D eigenvalue weighted by Gasteiger charge is 2.27. The molecule has 0 aliphatic heterocycles. The first kappa shape index (κ1) is 14.1. The number of nitrogens with zero attached hydrogens (tertiary/aromatic N) is 1. The quantitative estimate of drug-likeness (QED) is 0.811. The Balaban J connectivity index is 2.91. The number of carbonyl (C=O) groups excluding carboxylic acids is 1. The van der Waals surface area contributed by atoms with Crippen molar-refractivity contribution in [2.24, 2.45) is 5.73 Å². The Kier molecular flexibility index (Phi) is 4.05. The van der Waals surface area contributed by atoms with Gasteiger partial charge in [-0.3, -0.25) is 4.79 Å². The molecule has 0 spiro atoms. The summed E-state index contributed by atoms with van der Waals surface area (Å²) >= 11 is 0. The Morgan fingerprint density at radius 2 is 2.00 bits per heavy atom. The Morgan fingerprint density at radius 3 is 2.50 bits per heavy atom. The van der Waals surface area contributed by atoms with Crippen LogP contribution in [-0.2, 0) is 0 Å². The third-order valence-electron chi connectivity index (χ3n) is 2.43. The van der Waals surface area contributed by atoms with Gasteiger partial charge in [-0.05, 0) is 18.2 Å². The molecule has 4 nitrogen and oxygen atoms in total. The lowest BCUT2D eigenvalue weighted by atomic mass is 10.1. The van der Waals surface area contributed by atoms with E-state index in [4.69, 9.17) is 11.5 Å². The fraction of sp³-hybridized carbons (Fsp3) is 0.364. The van der Waals surface area contributed by atoms with Crippen LogP contribution in [0.3, 0.4) is 0 Å². The highest BCUT2D eigenvalue weighted by molar-refractivity contribution is 5.99. The largest absolute Gasteiger partial charge is 0.399 e.